The lowest BCUT2D eigenvalue weighted by Gasteiger charge is -2.22. The van der Waals surface area contributed by atoms with Crippen molar-refractivity contribution >= 4 is 0 Å². The molecule has 0 atom stereocenters. The van der Waals surface area contributed by atoms with E-state index in [-0.39, 0.29) is 0 Å². The smallest absolute Gasteiger partial charge is 0.111 e. The molecule has 0 radical (unpaired) electrons. The Hall–Kier alpha value is -0.120. The van der Waals surface area contributed by atoms with Gasteiger partial charge in [-0.1, -0.05) is 0 Å². The van der Waals surface area contributed by atoms with Crippen molar-refractivity contribution in [1.29, 1.82) is 0 Å². The van der Waals surface area contributed by atoms with E-state index in [0.29, 0.717) is 0 Å². The molecule has 0 aliphatic rings. The van der Waals surface area contributed by atoms with E-state index in [9.17, 15) is 0 Å². The Morgan fingerprint density at radius 1 is 1.33 bits per heavy atom. The zero-order valence-electron chi connectivity index (χ0n) is 6.68. The van der Waals surface area contributed by atoms with Crippen LogP contribution in [0, 0.1) is 0 Å². The molecule has 56 valence electrons. The van der Waals surface area contributed by atoms with Crippen LogP contribution in [0.1, 0.15) is 6.42 Å². The summed E-state index contributed by atoms with van der Waals surface area (Å²) in [6.45, 7) is 1.92. The van der Waals surface area contributed by atoms with Gasteiger partial charge in [-0.3, -0.25) is 0 Å². The summed E-state index contributed by atoms with van der Waals surface area (Å²) < 4.78 is 1.00. The predicted octanol–water partition coefficient (Wildman–Crippen LogP) is -0.744. The van der Waals surface area contributed by atoms with Crippen molar-refractivity contribution in [3.05, 3.63) is 0 Å². The molecule has 0 fully saturated rings. The monoisotopic (exact) mass is 134 g/mol. The summed E-state index contributed by atoms with van der Waals surface area (Å²) in [6, 6.07) is 0. The predicted molar refractivity (Wildman–Crippen MR) is 36.4 cm³/mol. The minimum atomic E-state index is 0.773. The zero-order chi connectivity index (χ0) is 7.33. The number of hydrogen-bond donors (Lipinski definition) is 1. The lowest BCUT2D eigenvalue weighted by molar-refractivity contribution is -0.871. The van der Waals surface area contributed by atoms with Crippen LogP contribution in [0.15, 0.2) is 0 Å². The first-order chi connectivity index (χ1) is 4.06. The highest BCUT2D eigenvalue weighted by atomic mass is 16.6. The van der Waals surface area contributed by atoms with E-state index in [4.69, 9.17) is 0 Å². The minimum absolute atomic E-state index is 0.773. The summed E-state index contributed by atoms with van der Waals surface area (Å²) in [6.07, 6.45) is 1.09. The molecule has 0 saturated carbocycles. The van der Waals surface area contributed by atoms with Gasteiger partial charge in [0.05, 0.1) is 27.7 Å². The lowest BCUT2D eigenvalue weighted by Crippen LogP contribution is -2.49. The van der Waals surface area contributed by atoms with Gasteiger partial charge in [-0.05, 0) is 0 Å². The van der Waals surface area contributed by atoms with Crippen LogP contribution in [-0.4, -0.2) is 38.8 Å². The Balaban J connectivity index is 3.07. The summed E-state index contributed by atoms with van der Waals surface area (Å²) >= 11 is 0. The van der Waals surface area contributed by atoms with Crippen LogP contribution >= 0.6 is 0 Å². The molecule has 3 heteroatoms. The van der Waals surface area contributed by atoms with E-state index >= 15 is 0 Å². The van der Waals surface area contributed by atoms with Crippen molar-refractivity contribution in [2.75, 3.05) is 34.3 Å². The third kappa shape index (κ3) is 7.88. The van der Waals surface area contributed by atoms with Gasteiger partial charge in [-0.2, -0.15) is 0 Å². The number of rotatable bonds is 4. The van der Waals surface area contributed by atoms with Crippen LogP contribution in [-0.2, 0) is 4.84 Å². The van der Waals surface area contributed by atoms with Crippen molar-refractivity contribution in [2.24, 2.45) is 0 Å². The van der Waals surface area contributed by atoms with Crippen LogP contribution in [0.3, 0.4) is 0 Å². The van der Waals surface area contributed by atoms with Gasteiger partial charge < -0.3 is 4.48 Å². The first kappa shape index (κ1) is 8.88. The molecular weight excluding hydrogens is 116 g/mol. The maximum atomic E-state index is 4.68. The van der Waals surface area contributed by atoms with Gasteiger partial charge in [0, 0.05) is 6.42 Å². The van der Waals surface area contributed by atoms with E-state index in [1.807, 2.05) is 0 Å². The molecule has 0 bridgehead atoms. The summed E-state index contributed by atoms with van der Waals surface area (Å²) in [5, 5.41) is 0. The van der Waals surface area contributed by atoms with E-state index in [1.165, 1.54) is 0 Å². The van der Waals surface area contributed by atoms with E-state index in [1.54, 1.807) is 0 Å². The van der Waals surface area contributed by atoms with Crippen molar-refractivity contribution in [2.45, 2.75) is 6.42 Å². The summed E-state index contributed by atoms with van der Waals surface area (Å²) in [5.41, 5.74) is 0. The molecule has 3 nitrogen and oxygen atoms in total. The maximum Gasteiger partial charge on any atom is 0.111 e. The molecule has 0 aliphatic carbocycles. The first-order valence-electron chi connectivity index (χ1n) is 3.24. The Kier molecular flexibility index (Phi) is 3.77. The van der Waals surface area contributed by atoms with Crippen LogP contribution in [0.25, 0.3) is 0 Å². The molecule has 0 heterocycles. The second kappa shape index (κ2) is 3.82. The normalized spacial score (nSPS) is 12.0. The van der Waals surface area contributed by atoms with Crippen molar-refractivity contribution in [3.8, 4) is 0 Å². The van der Waals surface area contributed by atoms with E-state index in [0.717, 1.165) is 24.1 Å². The zero-order valence-corrected chi connectivity index (χ0v) is 6.68. The average Bonchev–Trinajstić information content (AvgIpc) is 1.63. The minimum Gasteiger partial charge on any atom is -0.331 e. The summed E-state index contributed by atoms with van der Waals surface area (Å²) in [7, 11) is 6.51. The molecule has 0 aliphatic heterocycles. The van der Waals surface area contributed by atoms with E-state index in [2.05, 4.69) is 31.9 Å². The van der Waals surface area contributed by atoms with Crippen molar-refractivity contribution < 1.29 is 15.2 Å². The molecule has 0 amide bonds. The highest BCUT2D eigenvalue weighted by molar-refractivity contribution is 4.29. The molecule has 0 spiro atoms. The van der Waals surface area contributed by atoms with Crippen LogP contribution in [0.4, 0.5) is 0 Å². The standard InChI is InChI=1S/C6H18N2O/c1-8(2,3)5-4-6-9-7/h4-6H2,1-3,7H3/q+2. The second-order valence-electron chi connectivity index (χ2n) is 3.28. The fraction of sp³-hybridized carbons (Fsp3) is 1.00. The molecule has 0 rings (SSSR count). The molecule has 0 aromatic carbocycles. The molecule has 3 N–H and O–H groups in total. The van der Waals surface area contributed by atoms with Crippen LogP contribution in [0.2, 0.25) is 0 Å². The van der Waals surface area contributed by atoms with Crippen LogP contribution < -0.4 is 5.90 Å². The third-order valence-corrected chi connectivity index (χ3v) is 1.12. The highest BCUT2D eigenvalue weighted by Crippen LogP contribution is 1.91. The highest BCUT2D eigenvalue weighted by Gasteiger charge is 2.04. The topological polar surface area (TPSA) is 36.9 Å². The van der Waals surface area contributed by atoms with Gasteiger partial charge in [0.1, 0.15) is 6.61 Å². The van der Waals surface area contributed by atoms with Gasteiger partial charge >= 0.3 is 0 Å². The number of nitrogens with zero attached hydrogens (tertiary/aromatic N) is 1. The molecule has 0 saturated heterocycles. The lowest BCUT2D eigenvalue weighted by atomic mass is 10.4. The molecular formula is C6H18N2O+2. The average molecular weight is 134 g/mol. The Morgan fingerprint density at radius 2 is 1.89 bits per heavy atom. The van der Waals surface area contributed by atoms with Gasteiger partial charge in [-0.25, -0.2) is 10.7 Å². The number of quaternary nitrogens is 2. The van der Waals surface area contributed by atoms with Gasteiger partial charge in [0.2, 0.25) is 0 Å². The number of hydrogen-bond acceptors (Lipinski definition) is 1. The quantitative estimate of drug-likeness (QED) is 0.307. The fourth-order valence-electron chi connectivity index (χ4n) is 0.641. The molecule has 0 aromatic rings. The first-order valence-corrected chi connectivity index (χ1v) is 3.24. The SMILES string of the molecule is C[N+](C)(C)CCCO[NH3+]. The fourth-order valence-corrected chi connectivity index (χ4v) is 0.641. The van der Waals surface area contributed by atoms with Crippen molar-refractivity contribution in [1.82, 2.24) is 0 Å². The van der Waals surface area contributed by atoms with Gasteiger partial charge in [0.25, 0.3) is 0 Å². The molecule has 0 unspecified atom stereocenters. The van der Waals surface area contributed by atoms with Crippen molar-refractivity contribution in [3.63, 3.8) is 0 Å². The summed E-state index contributed by atoms with van der Waals surface area (Å²) in [5.74, 6) is 3.30. The Labute approximate surface area is 56.9 Å². The summed E-state index contributed by atoms with van der Waals surface area (Å²) in [4.78, 5) is 4.68. The Bertz CT molecular complexity index is 67.9. The van der Waals surface area contributed by atoms with E-state index < -0.39 is 0 Å². The largest absolute Gasteiger partial charge is 0.331 e. The third-order valence-electron chi connectivity index (χ3n) is 1.12. The van der Waals surface area contributed by atoms with Gasteiger partial charge in [0.15, 0.2) is 0 Å². The Morgan fingerprint density at radius 3 is 2.22 bits per heavy atom. The molecule has 9 heavy (non-hydrogen) atoms. The maximum absolute atomic E-state index is 4.68. The molecule has 0 aromatic heterocycles. The second-order valence-corrected chi connectivity index (χ2v) is 3.28. The van der Waals surface area contributed by atoms with Gasteiger partial charge in [-0.15, -0.1) is 0 Å². The van der Waals surface area contributed by atoms with Crippen LogP contribution in [0.5, 0.6) is 0 Å².